The van der Waals surface area contributed by atoms with Gasteiger partial charge in [-0.25, -0.2) is 0 Å². The molecule has 0 amide bonds. The first-order valence-corrected chi connectivity index (χ1v) is 10.4. The zero-order valence-corrected chi connectivity index (χ0v) is 19.2. The molecule has 2 aromatic carbocycles. The standard InChI is InChI=1S/C26H31N3.ClH/c1-5-28-24-15-10-21(11-16-24)26(20-8-13-23(27)14-9-20)22-12-17-25(19(4)18-22)29(6-2)7-3;/h8-18H,5-7,27H2,1-4H3;1H. The number of anilines is 2. The van der Waals surface area contributed by atoms with Crippen molar-refractivity contribution < 1.29 is 0 Å². The van der Waals surface area contributed by atoms with Gasteiger partial charge in [0.05, 0.1) is 5.71 Å². The van der Waals surface area contributed by atoms with E-state index in [9.17, 15) is 0 Å². The van der Waals surface area contributed by atoms with Crippen LogP contribution in [0.4, 0.5) is 11.4 Å². The molecule has 0 heterocycles. The number of nitrogen functional groups attached to an aromatic ring is 1. The fourth-order valence-corrected chi connectivity index (χ4v) is 3.80. The Labute approximate surface area is 187 Å². The highest BCUT2D eigenvalue weighted by Crippen LogP contribution is 2.33. The SMILES string of the molecule is CCN=C1C=CC(=C(c2ccc(N)cc2)c2ccc(N(CC)CC)c(C)c2)C=C1.Cl. The van der Waals surface area contributed by atoms with Crippen molar-refractivity contribution >= 4 is 35.1 Å². The number of nitrogens with zero attached hydrogens (tertiary/aromatic N) is 2. The number of hydrogen-bond donors (Lipinski definition) is 1. The summed E-state index contributed by atoms with van der Waals surface area (Å²) in [5.74, 6) is 0. The average molecular weight is 422 g/mol. The number of allylic oxidation sites excluding steroid dienone is 5. The molecule has 4 heteroatoms. The monoisotopic (exact) mass is 421 g/mol. The van der Waals surface area contributed by atoms with Gasteiger partial charge in [-0.05, 0) is 91.9 Å². The number of aliphatic imine (C=N–C) groups is 1. The third-order valence-corrected chi connectivity index (χ3v) is 5.29. The predicted molar refractivity (Wildman–Crippen MR) is 135 cm³/mol. The van der Waals surface area contributed by atoms with Gasteiger partial charge in [0.1, 0.15) is 0 Å². The Morgan fingerprint density at radius 3 is 2.00 bits per heavy atom. The number of nitrogens with two attached hydrogens (primary N) is 1. The van der Waals surface area contributed by atoms with E-state index in [1.165, 1.54) is 28.0 Å². The first-order valence-electron chi connectivity index (χ1n) is 10.4. The number of benzene rings is 2. The molecule has 0 spiro atoms. The van der Waals surface area contributed by atoms with E-state index in [1.54, 1.807) is 0 Å². The van der Waals surface area contributed by atoms with Crippen molar-refractivity contribution in [3.63, 3.8) is 0 Å². The molecule has 0 bridgehead atoms. The summed E-state index contributed by atoms with van der Waals surface area (Å²) < 4.78 is 0. The summed E-state index contributed by atoms with van der Waals surface area (Å²) in [7, 11) is 0. The number of hydrogen-bond acceptors (Lipinski definition) is 3. The first kappa shape index (κ1) is 23.5. The average Bonchev–Trinajstić information content (AvgIpc) is 2.73. The Bertz CT molecular complexity index is 960. The molecule has 158 valence electrons. The molecular weight excluding hydrogens is 390 g/mol. The second-order valence-electron chi connectivity index (χ2n) is 7.19. The summed E-state index contributed by atoms with van der Waals surface area (Å²) in [5.41, 5.74) is 15.1. The van der Waals surface area contributed by atoms with Gasteiger partial charge in [0.15, 0.2) is 0 Å². The van der Waals surface area contributed by atoms with Gasteiger partial charge in [-0.1, -0.05) is 30.4 Å². The summed E-state index contributed by atoms with van der Waals surface area (Å²) in [6, 6.07) is 14.9. The maximum atomic E-state index is 5.94. The summed E-state index contributed by atoms with van der Waals surface area (Å²) in [5, 5.41) is 0. The maximum absolute atomic E-state index is 5.94. The van der Waals surface area contributed by atoms with Crippen LogP contribution in [-0.2, 0) is 0 Å². The third kappa shape index (κ3) is 5.22. The van der Waals surface area contributed by atoms with Gasteiger partial charge in [0.2, 0.25) is 0 Å². The molecule has 0 aliphatic heterocycles. The van der Waals surface area contributed by atoms with Gasteiger partial charge in [0, 0.05) is 31.0 Å². The van der Waals surface area contributed by atoms with E-state index in [2.05, 4.69) is 92.2 Å². The maximum Gasteiger partial charge on any atom is 0.0574 e. The minimum Gasteiger partial charge on any atom is -0.399 e. The van der Waals surface area contributed by atoms with Crippen LogP contribution in [0.1, 0.15) is 37.5 Å². The Kier molecular flexibility index (Phi) is 8.49. The smallest absolute Gasteiger partial charge is 0.0574 e. The highest BCUT2D eigenvalue weighted by atomic mass is 35.5. The largest absolute Gasteiger partial charge is 0.399 e. The lowest BCUT2D eigenvalue weighted by atomic mass is 9.89. The molecule has 0 saturated carbocycles. The van der Waals surface area contributed by atoms with E-state index in [0.717, 1.165) is 36.6 Å². The predicted octanol–water partition coefficient (Wildman–Crippen LogP) is 6.23. The quantitative estimate of drug-likeness (QED) is 0.561. The van der Waals surface area contributed by atoms with Crippen molar-refractivity contribution in [2.75, 3.05) is 30.3 Å². The molecule has 2 N–H and O–H groups in total. The normalized spacial score (nSPS) is 12.5. The molecule has 1 aliphatic rings. The van der Waals surface area contributed by atoms with Crippen molar-refractivity contribution in [1.82, 2.24) is 0 Å². The molecule has 0 atom stereocenters. The lowest BCUT2D eigenvalue weighted by Gasteiger charge is -2.24. The van der Waals surface area contributed by atoms with Gasteiger partial charge in [0.25, 0.3) is 0 Å². The van der Waals surface area contributed by atoms with E-state index >= 15 is 0 Å². The van der Waals surface area contributed by atoms with Crippen LogP contribution in [-0.4, -0.2) is 25.3 Å². The Balaban J connectivity index is 0.00000320. The van der Waals surface area contributed by atoms with Crippen molar-refractivity contribution in [2.24, 2.45) is 4.99 Å². The lowest BCUT2D eigenvalue weighted by Crippen LogP contribution is -2.22. The van der Waals surface area contributed by atoms with Gasteiger partial charge in [-0.15, -0.1) is 12.4 Å². The molecule has 0 unspecified atom stereocenters. The molecule has 0 fully saturated rings. The van der Waals surface area contributed by atoms with Crippen molar-refractivity contribution in [1.29, 1.82) is 0 Å². The fraction of sp³-hybridized carbons (Fsp3) is 0.269. The molecule has 3 rings (SSSR count). The zero-order valence-electron chi connectivity index (χ0n) is 18.4. The van der Waals surface area contributed by atoms with Crippen LogP contribution >= 0.6 is 12.4 Å². The van der Waals surface area contributed by atoms with E-state index in [0.29, 0.717) is 0 Å². The molecule has 30 heavy (non-hydrogen) atoms. The van der Waals surface area contributed by atoms with Crippen LogP contribution in [0.15, 0.2) is 77.3 Å². The zero-order chi connectivity index (χ0) is 20.8. The lowest BCUT2D eigenvalue weighted by molar-refractivity contribution is 0.861. The highest BCUT2D eigenvalue weighted by Gasteiger charge is 2.14. The Morgan fingerprint density at radius 1 is 0.867 bits per heavy atom. The number of aryl methyl sites for hydroxylation is 1. The van der Waals surface area contributed by atoms with Crippen molar-refractivity contribution in [2.45, 2.75) is 27.7 Å². The van der Waals surface area contributed by atoms with Crippen LogP contribution in [0, 0.1) is 6.92 Å². The summed E-state index contributed by atoms with van der Waals surface area (Å²) >= 11 is 0. The number of rotatable bonds is 6. The van der Waals surface area contributed by atoms with E-state index in [-0.39, 0.29) is 12.4 Å². The topological polar surface area (TPSA) is 41.6 Å². The molecule has 1 aliphatic carbocycles. The van der Waals surface area contributed by atoms with Crippen LogP contribution in [0.2, 0.25) is 0 Å². The second-order valence-corrected chi connectivity index (χ2v) is 7.19. The second kappa shape index (κ2) is 10.8. The third-order valence-electron chi connectivity index (χ3n) is 5.29. The van der Waals surface area contributed by atoms with E-state index in [1.807, 2.05) is 12.1 Å². The molecule has 3 nitrogen and oxygen atoms in total. The van der Waals surface area contributed by atoms with Crippen LogP contribution in [0.25, 0.3) is 5.57 Å². The minimum absolute atomic E-state index is 0. The summed E-state index contributed by atoms with van der Waals surface area (Å²) in [6.45, 7) is 11.5. The van der Waals surface area contributed by atoms with Crippen LogP contribution < -0.4 is 10.6 Å². The van der Waals surface area contributed by atoms with Gasteiger partial charge >= 0.3 is 0 Å². The highest BCUT2D eigenvalue weighted by molar-refractivity contribution is 6.07. The molecule has 0 aromatic heterocycles. The Hall–Kier alpha value is -2.78. The summed E-state index contributed by atoms with van der Waals surface area (Å²) in [6.07, 6.45) is 8.50. The van der Waals surface area contributed by atoms with Crippen LogP contribution in [0.3, 0.4) is 0 Å². The molecule has 0 saturated heterocycles. The summed E-state index contributed by atoms with van der Waals surface area (Å²) in [4.78, 5) is 6.89. The van der Waals surface area contributed by atoms with Crippen molar-refractivity contribution in [3.8, 4) is 0 Å². The molecule has 0 radical (unpaired) electrons. The minimum atomic E-state index is 0. The first-order chi connectivity index (χ1) is 14.1. The van der Waals surface area contributed by atoms with Crippen molar-refractivity contribution in [3.05, 3.63) is 89.0 Å². The van der Waals surface area contributed by atoms with E-state index < -0.39 is 0 Å². The fourth-order valence-electron chi connectivity index (χ4n) is 3.80. The molecular formula is C26H32ClN3. The van der Waals surface area contributed by atoms with Crippen LogP contribution in [0.5, 0.6) is 0 Å². The van der Waals surface area contributed by atoms with Gasteiger partial charge in [-0.2, -0.15) is 0 Å². The van der Waals surface area contributed by atoms with E-state index in [4.69, 9.17) is 5.73 Å². The van der Waals surface area contributed by atoms with Gasteiger partial charge < -0.3 is 10.6 Å². The number of halogens is 1. The Morgan fingerprint density at radius 2 is 1.47 bits per heavy atom. The molecule has 2 aromatic rings. The van der Waals surface area contributed by atoms with Gasteiger partial charge in [-0.3, -0.25) is 4.99 Å².